The number of esters is 2. The lowest BCUT2D eigenvalue weighted by Crippen LogP contribution is -2.62. The molecule has 0 aromatic heterocycles. The zero-order valence-corrected chi connectivity index (χ0v) is 36.5. The number of nitrogens with zero attached hydrogens (tertiary/aromatic N) is 2. The highest BCUT2D eigenvalue weighted by atomic mass is 16.7. The van der Waals surface area contributed by atoms with Crippen LogP contribution in [0.1, 0.15) is 95.4 Å². The van der Waals surface area contributed by atoms with Crippen LogP contribution in [0, 0.1) is 23.7 Å². The number of rotatable bonds is 9. The number of cyclic esters (lactones) is 1. The Morgan fingerprint density at radius 3 is 2.05 bits per heavy atom. The molecule has 60 heavy (non-hydrogen) atoms. The summed E-state index contributed by atoms with van der Waals surface area (Å²) in [5.74, 6) is -7.12. The van der Waals surface area contributed by atoms with Crippen LogP contribution in [-0.4, -0.2) is 121 Å². The number of hydrogen-bond acceptors (Lipinski definition) is 13. The van der Waals surface area contributed by atoms with Crippen LogP contribution in [-0.2, 0) is 42.8 Å². The molecular weight excluding hydrogens is 775 g/mol. The number of amides is 2. The summed E-state index contributed by atoms with van der Waals surface area (Å²) in [6.45, 7) is 13.3. The maximum absolute atomic E-state index is 14.8. The fourth-order valence-electron chi connectivity index (χ4n) is 9.13. The zero-order chi connectivity index (χ0) is 44.3. The minimum atomic E-state index is -1.64. The Labute approximate surface area is 352 Å². The Kier molecular flexibility index (Phi) is 14.6. The van der Waals surface area contributed by atoms with Gasteiger partial charge in [-0.25, -0.2) is 14.6 Å². The lowest BCUT2D eigenvalue weighted by atomic mass is 9.73. The number of Topliss-reactive ketones (excluding diaryl/α,β-unsaturated/α-hetero) is 2. The second kappa shape index (κ2) is 18.9. The van der Waals surface area contributed by atoms with Crippen LogP contribution < -0.4 is 5.43 Å². The highest BCUT2D eigenvalue weighted by molar-refractivity contribution is 6.00. The molecule has 3 saturated heterocycles. The SMILES string of the molecule is CC[C@@H]1OC(=O)[C@H](C)C(=O)[C@H](C)[C@@H](O[C@@H]2O[C@H](C)C[C@H](N(C)C)[C@H]2OC(=O)c2ccccc2)[C@](C)(OC)C[C@@H](C)C(=O)[C@@H](C)[C@H]2N(NC(=O)c3ccccc3)C(=O)O[C@]12C. The molecule has 2 aromatic rings. The summed E-state index contributed by atoms with van der Waals surface area (Å²) < 4.78 is 37.7. The van der Waals surface area contributed by atoms with E-state index in [4.69, 9.17) is 28.4 Å². The maximum atomic E-state index is 14.8. The molecule has 3 aliphatic rings. The molecule has 5 rings (SSSR count). The van der Waals surface area contributed by atoms with Crippen molar-refractivity contribution in [2.75, 3.05) is 21.2 Å². The molecule has 3 aliphatic heterocycles. The number of nitrogens with one attached hydrogen (secondary N) is 1. The number of methoxy groups -OCH3 is 1. The van der Waals surface area contributed by atoms with Gasteiger partial charge in [-0.2, -0.15) is 0 Å². The van der Waals surface area contributed by atoms with E-state index in [1.807, 2.05) is 25.9 Å². The van der Waals surface area contributed by atoms with E-state index in [0.29, 0.717) is 12.0 Å². The summed E-state index contributed by atoms with van der Waals surface area (Å²) in [5.41, 5.74) is 0.200. The summed E-state index contributed by atoms with van der Waals surface area (Å²) >= 11 is 0. The predicted molar refractivity (Wildman–Crippen MR) is 218 cm³/mol. The number of benzene rings is 2. The lowest BCUT2D eigenvalue weighted by Gasteiger charge is -2.47. The molecule has 1 N–H and O–H groups in total. The smallest absolute Gasteiger partial charge is 0.429 e. The van der Waals surface area contributed by atoms with E-state index < -0.39 is 95.2 Å². The number of hydrogen-bond donors (Lipinski definition) is 1. The van der Waals surface area contributed by atoms with Crippen LogP contribution in [0.25, 0.3) is 0 Å². The summed E-state index contributed by atoms with van der Waals surface area (Å²) in [6, 6.07) is 15.3. The van der Waals surface area contributed by atoms with Crippen LogP contribution in [0.5, 0.6) is 0 Å². The standard InChI is InChI=1S/C45H61N3O12/c1-12-33-45(8)37(48(43(54)60-45)46-39(51)30-19-15-13-16-20-30)27(4)34(49)25(2)24-44(7,55-11)38(28(5)35(50)29(6)40(52)57-33)59-42-36(32(47(9)10)23-26(3)56-42)58-41(53)31-21-17-14-18-22-31/h13-22,25-29,32-33,36-38,42H,12,23-24H2,1-11H3,(H,46,51)/t25-,26-,27-,28+,29-,32+,33+,36-,37-,38-,42+,44-,45-/m1/s1. The van der Waals surface area contributed by atoms with E-state index in [-0.39, 0.29) is 36.3 Å². The molecule has 0 unspecified atom stereocenters. The van der Waals surface area contributed by atoms with Gasteiger partial charge in [0.05, 0.1) is 29.4 Å². The molecule has 15 heteroatoms. The highest BCUT2D eigenvalue weighted by Gasteiger charge is 2.61. The van der Waals surface area contributed by atoms with Crippen LogP contribution in [0.2, 0.25) is 0 Å². The van der Waals surface area contributed by atoms with Crippen molar-refractivity contribution in [2.24, 2.45) is 23.7 Å². The molecule has 2 aromatic carbocycles. The van der Waals surface area contributed by atoms with Crippen molar-refractivity contribution in [1.82, 2.24) is 15.3 Å². The van der Waals surface area contributed by atoms with Crippen molar-refractivity contribution in [2.45, 2.75) is 129 Å². The Bertz CT molecular complexity index is 1880. The second-order valence-corrected chi connectivity index (χ2v) is 17.1. The number of hydrazine groups is 1. The van der Waals surface area contributed by atoms with Gasteiger partial charge in [-0.15, -0.1) is 0 Å². The number of ether oxygens (including phenoxy) is 6. The molecule has 3 fully saturated rings. The first kappa shape index (κ1) is 46.4. The molecule has 15 nitrogen and oxygen atoms in total. The fourth-order valence-corrected chi connectivity index (χ4v) is 9.13. The zero-order valence-electron chi connectivity index (χ0n) is 36.5. The maximum Gasteiger partial charge on any atom is 0.429 e. The molecule has 13 atom stereocenters. The Hall–Kier alpha value is -4.70. The Morgan fingerprint density at radius 1 is 0.883 bits per heavy atom. The largest absolute Gasteiger partial charge is 0.457 e. The molecular formula is C45H61N3O12. The molecule has 328 valence electrons. The molecule has 0 radical (unpaired) electrons. The van der Waals surface area contributed by atoms with Crippen molar-refractivity contribution in [3.8, 4) is 0 Å². The van der Waals surface area contributed by atoms with E-state index in [0.717, 1.165) is 5.01 Å². The molecule has 0 aliphatic carbocycles. The van der Waals surface area contributed by atoms with E-state index >= 15 is 0 Å². The van der Waals surface area contributed by atoms with Gasteiger partial charge in [0.25, 0.3) is 5.91 Å². The van der Waals surface area contributed by atoms with Gasteiger partial charge in [0.1, 0.15) is 23.8 Å². The van der Waals surface area contributed by atoms with Gasteiger partial charge in [0.15, 0.2) is 23.8 Å². The van der Waals surface area contributed by atoms with E-state index in [9.17, 15) is 28.8 Å². The van der Waals surface area contributed by atoms with Crippen molar-refractivity contribution < 1.29 is 57.2 Å². The van der Waals surface area contributed by atoms with E-state index in [2.05, 4.69) is 5.43 Å². The second-order valence-electron chi connectivity index (χ2n) is 17.1. The highest BCUT2D eigenvalue weighted by Crippen LogP contribution is 2.43. The Balaban J connectivity index is 1.56. The van der Waals surface area contributed by atoms with Gasteiger partial charge in [-0.05, 0) is 85.3 Å². The average Bonchev–Trinajstić information content (AvgIpc) is 3.49. The van der Waals surface area contributed by atoms with Crippen LogP contribution in [0.3, 0.4) is 0 Å². The third kappa shape index (κ3) is 9.44. The topological polar surface area (TPSA) is 176 Å². The number of carbonyl (C=O) groups excluding carboxylic acids is 6. The number of fused-ring (bicyclic) bond motifs is 1. The van der Waals surface area contributed by atoms with Gasteiger partial charge in [0.2, 0.25) is 0 Å². The lowest BCUT2D eigenvalue weighted by molar-refractivity contribution is -0.294. The van der Waals surface area contributed by atoms with Crippen molar-refractivity contribution >= 4 is 35.5 Å². The van der Waals surface area contributed by atoms with Gasteiger partial charge in [-0.3, -0.25) is 24.6 Å². The van der Waals surface area contributed by atoms with Crippen LogP contribution >= 0.6 is 0 Å². The number of ketones is 2. The minimum Gasteiger partial charge on any atom is -0.457 e. The summed E-state index contributed by atoms with van der Waals surface area (Å²) in [4.78, 5) is 86.1. The molecule has 0 spiro atoms. The quantitative estimate of drug-likeness (QED) is 0.193. The monoisotopic (exact) mass is 835 g/mol. The van der Waals surface area contributed by atoms with Crippen molar-refractivity contribution in [3.63, 3.8) is 0 Å². The van der Waals surface area contributed by atoms with Crippen LogP contribution in [0.15, 0.2) is 60.7 Å². The predicted octanol–water partition coefficient (Wildman–Crippen LogP) is 5.40. The average molecular weight is 836 g/mol. The van der Waals surface area contributed by atoms with E-state index in [1.165, 1.54) is 14.0 Å². The fraction of sp³-hybridized carbons (Fsp3) is 0.600. The minimum absolute atomic E-state index is 0.00740. The van der Waals surface area contributed by atoms with Crippen LogP contribution in [0.4, 0.5) is 4.79 Å². The number of likely N-dealkylation sites (N-methyl/N-ethyl adjacent to an activating group) is 1. The molecule has 0 bridgehead atoms. The molecule has 2 amide bonds. The van der Waals surface area contributed by atoms with E-state index in [1.54, 1.807) is 102 Å². The van der Waals surface area contributed by atoms with Crippen molar-refractivity contribution in [3.05, 3.63) is 71.8 Å². The summed E-state index contributed by atoms with van der Waals surface area (Å²) in [7, 11) is 5.18. The Morgan fingerprint density at radius 2 is 1.48 bits per heavy atom. The molecule has 3 heterocycles. The first-order valence-corrected chi connectivity index (χ1v) is 20.7. The normalized spacial score (nSPS) is 35.5. The third-order valence-corrected chi connectivity index (χ3v) is 12.6. The first-order valence-electron chi connectivity index (χ1n) is 20.7. The third-order valence-electron chi connectivity index (χ3n) is 12.6. The molecule has 0 saturated carbocycles. The van der Waals surface area contributed by atoms with Gasteiger partial charge in [-0.1, -0.05) is 64.1 Å². The summed E-state index contributed by atoms with van der Waals surface area (Å²) in [6.07, 6.45) is -5.12. The van der Waals surface area contributed by atoms with Crippen molar-refractivity contribution in [1.29, 1.82) is 0 Å². The van der Waals surface area contributed by atoms with Gasteiger partial charge in [0, 0.05) is 30.4 Å². The first-order chi connectivity index (χ1) is 28.3. The number of carbonyl (C=O) groups is 6. The summed E-state index contributed by atoms with van der Waals surface area (Å²) in [5, 5.41) is 1.00. The van der Waals surface area contributed by atoms with Gasteiger partial charge < -0.3 is 33.3 Å². The van der Waals surface area contributed by atoms with Gasteiger partial charge >= 0.3 is 18.0 Å².